The van der Waals surface area contributed by atoms with Crippen LogP contribution in [0.1, 0.15) is 29.5 Å². The zero-order valence-corrected chi connectivity index (χ0v) is 16.6. The first kappa shape index (κ1) is 19.6. The van der Waals surface area contributed by atoms with Crippen LogP contribution in [0.25, 0.3) is 0 Å². The predicted molar refractivity (Wildman–Crippen MR) is 108 cm³/mol. The van der Waals surface area contributed by atoms with Crippen molar-refractivity contribution in [1.29, 1.82) is 0 Å². The van der Waals surface area contributed by atoms with E-state index < -0.39 is 10.0 Å². The summed E-state index contributed by atoms with van der Waals surface area (Å²) in [7, 11) is -3.44. The van der Waals surface area contributed by atoms with Crippen molar-refractivity contribution in [2.75, 3.05) is 18.4 Å². The summed E-state index contributed by atoms with van der Waals surface area (Å²) in [5, 5.41) is 2.95. The number of piperidine rings is 1. The van der Waals surface area contributed by atoms with E-state index in [1.54, 1.807) is 0 Å². The number of amides is 1. The maximum absolute atomic E-state index is 12.8. The van der Waals surface area contributed by atoms with Gasteiger partial charge in [0.25, 0.3) is 0 Å². The first-order valence-electron chi connectivity index (χ1n) is 9.24. The first-order valence-corrected chi connectivity index (χ1v) is 10.9. The van der Waals surface area contributed by atoms with Gasteiger partial charge in [-0.25, -0.2) is 12.7 Å². The van der Waals surface area contributed by atoms with Gasteiger partial charge in [-0.1, -0.05) is 36.4 Å². The molecule has 1 atom stereocenters. The first-order chi connectivity index (χ1) is 12.8. The van der Waals surface area contributed by atoms with Gasteiger partial charge in [-0.3, -0.25) is 4.79 Å². The number of rotatable bonds is 5. The Balaban J connectivity index is 1.67. The summed E-state index contributed by atoms with van der Waals surface area (Å²) in [5.41, 5.74) is 3.70. The van der Waals surface area contributed by atoms with Crippen molar-refractivity contribution < 1.29 is 13.2 Å². The molecule has 1 N–H and O–H groups in total. The molecule has 2 aromatic rings. The topological polar surface area (TPSA) is 66.5 Å². The van der Waals surface area contributed by atoms with Gasteiger partial charge in [-0.05, 0) is 55.5 Å². The fourth-order valence-electron chi connectivity index (χ4n) is 3.58. The molecular formula is C21H26N2O3S. The molecule has 3 rings (SSSR count). The van der Waals surface area contributed by atoms with Crippen molar-refractivity contribution in [2.24, 2.45) is 5.92 Å². The number of hydrogen-bond donors (Lipinski definition) is 1. The highest BCUT2D eigenvalue weighted by atomic mass is 32.2. The lowest BCUT2D eigenvalue weighted by Gasteiger charge is -2.31. The fourth-order valence-corrected chi connectivity index (χ4v) is 5.19. The standard InChI is InChI=1S/C21H26N2O3S/c1-16-11-17(2)13-20(12-16)22-21(24)19-9-6-10-23(14-19)27(25,26)15-18-7-4-3-5-8-18/h3-5,7-8,11-13,19H,6,9-10,14-15H2,1-2H3,(H,22,24)/t19-/m0/s1. The van der Waals surface area contributed by atoms with Crippen LogP contribution < -0.4 is 5.32 Å². The van der Waals surface area contributed by atoms with E-state index >= 15 is 0 Å². The lowest BCUT2D eigenvalue weighted by Crippen LogP contribution is -2.44. The summed E-state index contributed by atoms with van der Waals surface area (Å²) in [6.07, 6.45) is 1.40. The highest BCUT2D eigenvalue weighted by Crippen LogP contribution is 2.23. The summed E-state index contributed by atoms with van der Waals surface area (Å²) >= 11 is 0. The SMILES string of the molecule is Cc1cc(C)cc(NC(=O)[C@H]2CCCN(S(=O)(=O)Cc3ccccc3)C2)c1. The lowest BCUT2D eigenvalue weighted by atomic mass is 9.98. The van der Waals surface area contributed by atoms with Crippen LogP contribution in [0.15, 0.2) is 48.5 Å². The van der Waals surface area contributed by atoms with E-state index in [1.165, 1.54) is 4.31 Å². The third kappa shape index (κ3) is 5.17. The van der Waals surface area contributed by atoms with E-state index in [0.717, 1.165) is 22.4 Å². The van der Waals surface area contributed by atoms with E-state index in [-0.39, 0.29) is 24.1 Å². The molecule has 0 radical (unpaired) electrons. The van der Waals surface area contributed by atoms with Crippen LogP contribution in [0.5, 0.6) is 0 Å². The number of nitrogens with one attached hydrogen (secondary N) is 1. The van der Waals surface area contributed by atoms with Gasteiger partial charge in [0.2, 0.25) is 15.9 Å². The smallest absolute Gasteiger partial charge is 0.228 e. The number of hydrogen-bond acceptors (Lipinski definition) is 3. The highest BCUT2D eigenvalue weighted by molar-refractivity contribution is 7.88. The van der Waals surface area contributed by atoms with E-state index in [4.69, 9.17) is 0 Å². The maximum atomic E-state index is 12.8. The van der Waals surface area contributed by atoms with Crippen molar-refractivity contribution in [1.82, 2.24) is 4.31 Å². The molecular weight excluding hydrogens is 360 g/mol. The Morgan fingerprint density at radius 2 is 1.78 bits per heavy atom. The van der Waals surface area contributed by atoms with Crippen LogP contribution in [0.3, 0.4) is 0 Å². The molecule has 144 valence electrons. The Morgan fingerprint density at radius 3 is 2.44 bits per heavy atom. The van der Waals surface area contributed by atoms with Gasteiger partial charge in [-0.15, -0.1) is 0 Å². The average molecular weight is 387 g/mol. The van der Waals surface area contributed by atoms with E-state index in [2.05, 4.69) is 5.32 Å². The van der Waals surface area contributed by atoms with Crippen LogP contribution in [0, 0.1) is 19.8 Å². The number of carbonyl (C=O) groups is 1. The molecule has 6 heteroatoms. The predicted octanol–water partition coefficient (Wildman–Crippen LogP) is 3.48. The largest absolute Gasteiger partial charge is 0.326 e. The van der Waals surface area contributed by atoms with Gasteiger partial charge in [0.15, 0.2) is 0 Å². The number of nitrogens with zero attached hydrogens (tertiary/aromatic N) is 1. The zero-order valence-electron chi connectivity index (χ0n) is 15.8. The van der Waals surface area contributed by atoms with Gasteiger partial charge < -0.3 is 5.32 Å². The number of carbonyl (C=O) groups excluding carboxylic acids is 1. The van der Waals surface area contributed by atoms with Crippen molar-refractivity contribution in [3.05, 3.63) is 65.2 Å². The Kier molecular flexibility index (Phi) is 5.97. The van der Waals surface area contributed by atoms with Crippen molar-refractivity contribution in [2.45, 2.75) is 32.4 Å². The minimum Gasteiger partial charge on any atom is -0.326 e. The summed E-state index contributed by atoms with van der Waals surface area (Å²) in [6, 6.07) is 15.1. The second kappa shape index (κ2) is 8.23. The van der Waals surface area contributed by atoms with Crippen LogP contribution in [0.4, 0.5) is 5.69 Å². The average Bonchev–Trinajstić information content (AvgIpc) is 2.61. The molecule has 0 saturated carbocycles. The Bertz CT molecular complexity index is 890. The van der Waals surface area contributed by atoms with E-state index in [0.29, 0.717) is 19.4 Å². The zero-order chi connectivity index (χ0) is 19.4. The molecule has 5 nitrogen and oxygen atoms in total. The Labute approximate surface area is 161 Å². The van der Waals surface area contributed by atoms with Crippen LogP contribution in [0.2, 0.25) is 0 Å². The molecule has 0 bridgehead atoms. The molecule has 0 aliphatic carbocycles. The molecule has 0 spiro atoms. The van der Waals surface area contributed by atoms with Gasteiger partial charge >= 0.3 is 0 Å². The minimum atomic E-state index is -3.44. The monoisotopic (exact) mass is 386 g/mol. The fraction of sp³-hybridized carbons (Fsp3) is 0.381. The molecule has 1 fully saturated rings. The Hall–Kier alpha value is -2.18. The molecule has 1 saturated heterocycles. The minimum absolute atomic E-state index is 0.0285. The summed E-state index contributed by atoms with van der Waals surface area (Å²) < 4.78 is 27.0. The number of benzene rings is 2. The van der Waals surface area contributed by atoms with E-state index in [9.17, 15) is 13.2 Å². The number of anilines is 1. The molecule has 1 heterocycles. The second-order valence-electron chi connectivity index (χ2n) is 7.30. The molecule has 2 aromatic carbocycles. The molecule has 27 heavy (non-hydrogen) atoms. The van der Waals surface area contributed by atoms with Gasteiger partial charge in [-0.2, -0.15) is 0 Å². The van der Waals surface area contributed by atoms with Gasteiger partial charge in [0.1, 0.15) is 0 Å². The molecule has 0 unspecified atom stereocenters. The molecule has 1 aliphatic rings. The lowest BCUT2D eigenvalue weighted by molar-refractivity contribution is -0.120. The van der Waals surface area contributed by atoms with Gasteiger partial charge in [0.05, 0.1) is 11.7 Å². The summed E-state index contributed by atoms with van der Waals surface area (Å²) in [6.45, 7) is 4.69. The third-order valence-electron chi connectivity index (χ3n) is 4.83. The number of aryl methyl sites for hydroxylation is 2. The van der Waals surface area contributed by atoms with Crippen LogP contribution in [-0.2, 0) is 20.6 Å². The summed E-state index contributed by atoms with van der Waals surface area (Å²) in [5.74, 6) is -0.469. The normalized spacial score (nSPS) is 18.2. The number of sulfonamides is 1. The van der Waals surface area contributed by atoms with Crippen LogP contribution in [-0.4, -0.2) is 31.7 Å². The van der Waals surface area contributed by atoms with Crippen molar-refractivity contribution >= 4 is 21.6 Å². The Morgan fingerprint density at radius 1 is 1.11 bits per heavy atom. The molecule has 1 amide bonds. The summed E-state index contributed by atoms with van der Waals surface area (Å²) in [4.78, 5) is 12.7. The maximum Gasteiger partial charge on any atom is 0.228 e. The van der Waals surface area contributed by atoms with Gasteiger partial charge in [0, 0.05) is 18.8 Å². The van der Waals surface area contributed by atoms with Crippen LogP contribution >= 0.6 is 0 Å². The molecule has 0 aromatic heterocycles. The van der Waals surface area contributed by atoms with Crippen molar-refractivity contribution in [3.8, 4) is 0 Å². The quantitative estimate of drug-likeness (QED) is 0.855. The van der Waals surface area contributed by atoms with E-state index in [1.807, 2.05) is 62.4 Å². The second-order valence-corrected chi connectivity index (χ2v) is 9.27. The van der Waals surface area contributed by atoms with Crippen molar-refractivity contribution in [3.63, 3.8) is 0 Å². The highest BCUT2D eigenvalue weighted by Gasteiger charge is 2.32. The third-order valence-corrected chi connectivity index (χ3v) is 6.65. The molecule has 1 aliphatic heterocycles.